The summed E-state index contributed by atoms with van der Waals surface area (Å²) in [5.41, 5.74) is 4.74. The number of hydrogen-bond acceptors (Lipinski definition) is 2. The van der Waals surface area contributed by atoms with Crippen molar-refractivity contribution in [1.82, 2.24) is 4.90 Å². The van der Waals surface area contributed by atoms with Crippen LogP contribution in [0.25, 0.3) is 10.8 Å². The SMILES string of the molecule is CC.CC.CC1(C)CCN(Cc2cc3c(c4ccccc24)CN(c2ccccc2)C3=O)CC1. The van der Waals surface area contributed by atoms with Gasteiger partial charge in [0, 0.05) is 17.8 Å². The maximum Gasteiger partial charge on any atom is 0.258 e. The number of benzene rings is 3. The molecule has 1 saturated heterocycles. The summed E-state index contributed by atoms with van der Waals surface area (Å²) in [6.45, 7) is 16.6. The van der Waals surface area contributed by atoms with E-state index in [4.69, 9.17) is 0 Å². The standard InChI is InChI=1S/C26H28N2O.2C2H6/c1-26(2)12-14-27(15-13-26)17-19-16-23-24(22-11-7-6-10-21(19)22)18-28(25(23)29)20-8-4-3-5-9-20;2*1-2/h3-11,16H,12-15,17-18H2,1-2H3;2*1-2H3. The van der Waals surface area contributed by atoms with Gasteiger partial charge in [-0.15, -0.1) is 0 Å². The Morgan fingerprint density at radius 2 is 1.39 bits per heavy atom. The Kier molecular flexibility index (Phi) is 8.31. The van der Waals surface area contributed by atoms with Crippen molar-refractivity contribution >= 4 is 22.4 Å². The molecule has 0 N–H and O–H groups in total. The highest BCUT2D eigenvalue weighted by Gasteiger charge is 2.31. The molecule has 0 atom stereocenters. The van der Waals surface area contributed by atoms with Crippen molar-refractivity contribution < 1.29 is 4.79 Å². The average Bonchev–Trinajstić information content (AvgIpc) is 3.20. The first-order valence-corrected chi connectivity index (χ1v) is 12.6. The van der Waals surface area contributed by atoms with Gasteiger partial charge in [-0.2, -0.15) is 0 Å². The fourth-order valence-corrected chi connectivity index (χ4v) is 4.75. The lowest BCUT2D eigenvalue weighted by atomic mass is 9.82. The molecule has 0 aliphatic carbocycles. The van der Waals surface area contributed by atoms with Gasteiger partial charge < -0.3 is 4.90 Å². The van der Waals surface area contributed by atoms with Crippen LogP contribution < -0.4 is 4.90 Å². The fourth-order valence-electron chi connectivity index (χ4n) is 4.75. The molecule has 2 heterocycles. The number of para-hydroxylation sites is 1. The monoisotopic (exact) mass is 444 g/mol. The highest BCUT2D eigenvalue weighted by Crippen LogP contribution is 2.36. The lowest BCUT2D eigenvalue weighted by Gasteiger charge is -2.37. The molecule has 0 unspecified atom stereocenters. The predicted molar refractivity (Wildman–Crippen MR) is 142 cm³/mol. The molecule has 1 fully saturated rings. The summed E-state index contributed by atoms with van der Waals surface area (Å²) in [5.74, 6) is 0.123. The second-order valence-electron chi connectivity index (χ2n) is 9.27. The number of likely N-dealkylation sites (tertiary alicyclic amines) is 1. The molecule has 3 aromatic rings. The van der Waals surface area contributed by atoms with E-state index in [0.29, 0.717) is 12.0 Å². The van der Waals surface area contributed by atoms with Gasteiger partial charge in [-0.25, -0.2) is 0 Å². The molecular formula is C30H40N2O. The summed E-state index contributed by atoms with van der Waals surface area (Å²) in [6.07, 6.45) is 2.47. The number of carbonyl (C=O) groups is 1. The van der Waals surface area contributed by atoms with E-state index in [1.807, 2.05) is 62.9 Å². The number of rotatable bonds is 3. The third-order valence-electron chi connectivity index (χ3n) is 6.71. The van der Waals surface area contributed by atoms with E-state index in [0.717, 1.165) is 36.4 Å². The van der Waals surface area contributed by atoms with Crippen LogP contribution in [0.3, 0.4) is 0 Å². The Balaban J connectivity index is 0.000000728. The number of amides is 1. The molecule has 0 spiro atoms. The number of carbonyl (C=O) groups excluding carboxylic acids is 1. The summed E-state index contributed by atoms with van der Waals surface area (Å²) in [7, 11) is 0. The van der Waals surface area contributed by atoms with Crippen LogP contribution in [0, 0.1) is 5.41 Å². The van der Waals surface area contributed by atoms with Gasteiger partial charge in [-0.05, 0) is 71.4 Å². The van der Waals surface area contributed by atoms with Crippen molar-refractivity contribution in [3.05, 3.63) is 77.4 Å². The van der Waals surface area contributed by atoms with E-state index in [9.17, 15) is 4.79 Å². The van der Waals surface area contributed by atoms with Crippen LogP contribution in [-0.4, -0.2) is 23.9 Å². The van der Waals surface area contributed by atoms with E-state index in [-0.39, 0.29) is 5.91 Å². The minimum atomic E-state index is 0.123. The fraction of sp³-hybridized carbons (Fsp3) is 0.433. The highest BCUT2D eigenvalue weighted by molar-refractivity contribution is 6.13. The minimum absolute atomic E-state index is 0.123. The van der Waals surface area contributed by atoms with Gasteiger partial charge in [0.15, 0.2) is 0 Å². The second-order valence-corrected chi connectivity index (χ2v) is 9.27. The molecular weight excluding hydrogens is 404 g/mol. The number of anilines is 1. The third kappa shape index (κ3) is 5.30. The molecule has 33 heavy (non-hydrogen) atoms. The Labute approximate surface area is 200 Å². The van der Waals surface area contributed by atoms with E-state index in [2.05, 4.69) is 49.1 Å². The lowest BCUT2D eigenvalue weighted by Crippen LogP contribution is -2.36. The van der Waals surface area contributed by atoms with Crippen LogP contribution >= 0.6 is 0 Å². The Morgan fingerprint density at radius 1 is 0.818 bits per heavy atom. The van der Waals surface area contributed by atoms with Gasteiger partial charge in [0.05, 0.1) is 6.54 Å². The van der Waals surface area contributed by atoms with Crippen LogP contribution in [0.5, 0.6) is 0 Å². The molecule has 1 amide bonds. The van der Waals surface area contributed by atoms with Gasteiger partial charge in [0.1, 0.15) is 0 Å². The molecule has 2 aliphatic heterocycles. The quantitative estimate of drug-likeness (QED) is 0.414. The van der Waals surface area contributed by atoms with Gasteiger partial charge in [0.2, 0.25) is 0 Å². The molecule has 0 aromatic heterocycles. The second kappa shape index (κ2) is 11.0. The molecule has 176 valence electrons. The molecule has 3 heteroatoms. The van der Waals surface area contributed by atoms with Crippen molar-refractivity contribution in [3.63, 3.8) is 0 Å². The van der Waals surface area contributed by atoms with Gasteiger partial charge in [-0.3, -0.25) is 9.69 Å². The molecule has 5 rings (SSSR count). The molecule has 0 saturated carbocycles. The van der Waals surface area contributed by atoms with E-state index in [1.54, 1.807) is 0 Å². The largest absolute Gasteiger partial charge is 0.304 e. The van der Waals surface area contributed by atoms with Gasteiger partial charge in [-0.1, -0.05) is 84.0 Å². The van der Waals surface area contributed by atoms with Crippen molar-refractivity contribution in [2.75, 3.05) is 18.0 Å². The Bertz CT molecular complexity index is 1060. The zero-order valence-electron chi connectivity index (χ0n) is 21.3. The third-order valence-corrected chi connectivity index (χ3v) is 6.71. The lowest BCUT2D eigenvalue weighted by molar-refractivity contribution is 0.0996. The molecule has 2 aliphatic rings. The van der Waals surface area contributed by atoms with Gasteiger partial charge >= 0.3 is 0 Å². The summed E-state index contributed by atoms with van der Waals surface area (Å²) in [4.78, 5) is 17.7. The van der Waals surface area contributed by atoms with Crippen LogP contribution in [0.15, 0.2) is 60.7 Å². The van der Waals surface area contributed by atoms with Crippen LogP contribution in [0.2, 0.25) is 0 Å². The van der Waals surface area contributed by atoms with E-state index in [1.165, 1.54) is 29.2 Å². The van der Waals surface area contributed by atoms with Crippen molar-refractivity contribution in [1.29, 1.82) is 0 Å². The molecule has 0 bridgehead atoms. The molecule has 0 radical (unpaired) electrons. The smallest absolute Gasteiger partial charge is 0.258 e. The van der Waals surface area contributed by atoms with Crippen molar-refractivity contribution in [2.45, 2.75) is 67.5 Å². The summed E-state index contributed by atoms with van der Waals surface area (Å²) >= 11 is 0. The van der Waals surface area contributed by atoms with E-state index >= 15 is 0 Å². The minimum Gasteiger partial charge on any atom is -0.304 e. The first-order valence-electron chi connectivity index (χ1n) is 12.6. The molecule has 3 nitrogen and oxygen atoms in total. The Hall–Kier alpha value is -2.65. The molecule has 3 aromatic carbocycles. The van der Waals surface area contributed by atoms with E-state index < -0.39 is 0 Å². The Morgan fingerprint density at radius 3 is 2.03 bits per heavy atom. The number of fused-ring (bicyclic) bond motifs is 3. The summed E-state index contributed by atoms with van der Waals surface area (Å²) < 4.78 is 0. The normalized spacial score (nSPS) is 17.0. The average molecular weight is 445 g/mol. The topological polar surface area (TPSA) is 23.6 Å². The predicted octanol–water partition coefficient (Wildman–Crippen LogP) is 7.67. The van der Waals surface area contributed by atoms with Gasteiger partial charge in [0.25, 0.3) is 5.91 Å². The van der Waals surface area contributed by atoms with Crippen LogP contribution in [0.1, 0.15) is 75.9 Å². The summed E-state index contributed by atoms with van der Waals surface area (Å²) in [5, 5.41) is 2.52. The zero-order valence-corrected chi connectivity index (χ0v) is 21.3. The van der Waals surface area contributed by atoms with Crippen molar-refractivity contribution in [3.8, 4) is 0 Å². The van der Waals surface area contributed by atoms with Crippen LogP contribution in [0.4, 0.5) is 5.69 Å². The number of nitrogens with zero attached hydrogens (tertiary/aromatic N) is 2. The summed E-state index contributed by atoms with van der Waals surface area (Å²) in [6, 6.07) is 20.8. The van der Waals surface area contributed by atoms with Crippen molar-refractivity contribution in [2.24, 2.45) is 5.41 Å². The first-order chi connectivity index (χ1) is 16.0. The zero-order chi connectivity index (χ0) is 24.0. The highest BCUT2D eigenvalue weighted by atomic mass is 16.2. The van der Waals surface area contributed by atoms with Crippen LogP contribution in [-0.2, 0) is 13.1 Å². The number of piperidine rings is 1. The first kappa shape index (κ1) is 25.0. The maximum atomic E-state index is 13.3. The maximum absolute atomic E-state index is 13.3. The number of hydrogen-bond donors (Lipinski definition) is 0.